The Hall–Kier alpha value is -3.91. The maximum atomic E-state index is 12.8. The van der Waals surface area contributed by atoms with Crippen molar-refractivity contribution < 1.29 is 24.2 Å². The van der Waals surface area contributed by atoms with Crippen molar-refractivity contribution in [2.24, 2.45) is 0 Å². The molecule has 2 heterocycles. The first-order valence-corrected chi connectivity index (χ1v) is 10.4. The Morgan fingerprint density at radius 1 is 1.18 bits per heavy atom. The molecule has 0 aliphatic carbocycles. The molecule has 1 aromatic heterocycles. The molecule has 8 nitrogen and oxygen atoms in total. The molecule has 33 heavy (non-hydrogen) atoms. The van der Waals surface area contributed by atoms with Gasteiger partial charge in [-0.15, -0.1) is 0 Å². The van der Waals surface area contributed by atoms with Gasteiger partial charge in [0.25, 0.3) is 5.91 Å². The van der Waals surface area contributed by atoms with Crippen LogP contribution in [0.25, 0.3) is 11.1 Å². The number of aliphatic hydroxyl groups is 1. The number of pyridine rings is 1. The number of nitrogens with zero attached hydrogens (tertiary/aromatic N) is 2. The Labute approximate surface area is 191 Å². The molecule has 0 radical (unpaired) electrons. The number of methoxy groups -OCH3 is 1. The second-order valence-electron chi connectivity index (χ2n) is 8.25. The zero-order chi connectivity index (χ0) is 23.8. The fraction of sp³-hybridized carbons (Fsp3) is 0.240. The lowest BCUT2D eigenvalue weighted by molar-refractivity contribution is -0.121. The Bertz CT molecular complexity index is 1220. The lowest BCUT2D eigenvalue weighted by Gasteiger charge is -2.39. The summed E-state index contributed by atoms with van der Waals surface area (Å²) >= 11 is 0. The molecular weight excluding hydrogens is 422 g/mol. The summed E-state index contributed by atoms with van der Waals surface area (Å²) in [4.78, 5) is 30.7. The van der Waals surface area contributed by atoms with Crippen LogP contribution < -0.4 is 19.7 Å². The number of esters is 1. The predicted molar refractivity (Wildman–Crippen MR) is 125 cm³/mol. The van der Waals surface area contributed by atoms with Gasteiger partial charge >= 0.3 is 5.97 Å². The monoisotopic (exact) mass is 447 g/mol. The van der Waals surface area contributed by atoms with Crippen LogP contribution in [0.4, 0.5) is 11.4 Å². The summed E-state index contributed by atoms with van der Waals surface area (Å²) in [6, 6.07) is 12.1. The minimum atomic E-state index is -0.756. The van der Waals surface area contributed by atoms with Crippen LogP contribution >= 0.6 is 0 Å². The maximum absolute atomic E-state index is 12.8. The number of carbonyl (C=O) groups excluding carboxylic acids is 2. The number of carbonyl (C=O) groups is 2. The molecule has 1 aliphatic heterocycles. The molecule has 0 saturated carbocycles. The van der Waals surface area contributed by atoms with E-state index in [1.165, 1.54) is 13.3 Å². The fourth-order valence-corrected chi connectivity index (χ4v) is 4.05. The van der Waals surface area contributed by atoms with E-state index in [0.29, 0.717) is 39.4 Å². The highest BCUT2D eigenvalue weighted by Gasteiger charge is 2.38. The van der Waals surface area contributed by atoms with Gasteiger partial charge in [0.2, 0.25) is 0 Å². The van der Waals surface area contributed by atoms with E-state index >= 15 is 0 Å². The summed E-state index contributed by atoms with van der Waals surface area (Å²) in [6.45, 7) is 3.35. The molecule has 170 valence electrons. The zero-order valence-electron chi connectivity index (χ0n) is 18.9. The number of ether oxygens (including phenoxy) is 2. The zero-order valence-corrected chi connectivity index (χ0v) is 18.9. The number of benzene rings is 2. The van der Waals surface area contributed by atoms with Crippen molar-refractivity contribution in [2.45, 2.75) is 26.0 Å². The SMILES string of the molecule is COc1cc(OC(=O)c2cccnc2)ccc1-c1ccc2c(c1CO)N(C)C(=O)C(C)(C)N2. The third kappa shape index (κ3) is 4.01. The molecule has 8 heteroatoms. The summed E-state index contributed by atoms with van der Waals surface area (Å²) < 4.78 is 11.0. The molecule has 1 aliphatic rings. The molecule has 0 bridgehead atoms. The lowest BCUT2D eigenvalue weighted by Crippen LogP contribution is -2.52. The van der Waals surface area contributed by atoms with Crippen molar-refractivity contribution in [3.05, 3.63) is 66.0 Å². The topological polar surface area (TPSA) is 101 Å². The van der Waals surface area contributed by atoms with Crippen LogP contribution in [0, 0.1) is 0 Å². The number of aliphatic hydroxyl groups excluding tert-OH is 1. The number of amides is 1. The number of aromatic nitrogens is 1. The molecule has 0 atom stereocenters. The van der Waals surface area contributed by atoms with Gasteiger partial charge < -0.3 is 24.8 Å². The fourth-order valence-electron chi connectivity index (χ4n) is 4.05. The Balaban J connectivity index is 1.74. The Morgan fingerprint density at radius 3 is 2.61 bits per heavy atom. The third-order valence-electron chi connectivity index (χ3n) is 5.63. The van der Waals surface area contributed by atoms with Gasteiger partial charge in [-0.2, -0.15) is 0 Å². The van der Waals surface area contributed by atoms with Crippen molar-refractivity contribution in [1.29, 1.82) is 0 Å². The van der Waals surface area contributed by atoms with E-state index < -0.39 is 11.5 Å². The Kier molecular flexibility index (Phi) is 5.78. The van der Waals surface area contributed by atoms with Crippen molar-refractivity contribution >= 4 is 23.3 Å². The minimum Gasteiger partial charge on any atom is -0.496 e. The van der Waals surface area contributed by atoms with Crippen LogP contribution in [0.3, 0.4) is 0 Å². The van der Waals surface area contributed by atoms with Gasteiger partial charge in [-0.3, -0.25) is 9.78 Å². The second-order valence-corrected chi connectivity index (χ2v) is 8.25. The molecule has 1 amide bonds. The van der Waals surface area contributed by atoms with E-state index in [4.69, 9.17) is 9.47 Å². The van der Waals surface area contributed by atoms with Crippen molar-refractivity contribution in [1.82, 2.24) is 4.98 Å². The number of likely N-dealkylation sites (N-methyl/N-ethyl adjacent to an activating group) is 1. The van der Waals surface area contributed by atoms with Gasteiger partial charge in [-0.05, 0) is 49.7 Å². The predicted octanol–water partition coefficient (Wildman–Crippen LogP) is 3.64. The lowest BCUT2D eigenvalue weighted by atomic mass is 9.92. The molecule has 4 rings (SSSR count). The Morgan fingerprint density at radius 2 is 1.94 bits per heavy atom. The minimum absolute atomic E-state index is 0.105. The molecule has 3 aromatic rings. The molecule has 0 unspecified atom stereocenters. The number of rotatable bonds is 5. The third-order valence-corrected chi connectivity index (χ3v) is 5.63. The van der Waals surface area contributed by atoms with E-state index in [-0.39, 0.29) is 12.5 Å². The largest absolute Gasteiger partial charge is 0.496 e. The second kappa shape index (κ2) is 8.55. The number of nitrogens with one attached hydrogen (secondary N) is 1. The van der Waals surface area contributed by atoms with Gasteiger partial charge in [0, 0.05) is 36.6 Å². The van der Waals surface area contributed by atoms with Crippen LogP contribution in [0.1, 0.15) is 29.8 Å². The highest BCUT2D eigenvalue weighted by Crippen LogP contribution is 2.44. The molecule has 0 saturated heterocycles. The van der Waals surface area contributed by atoms with Gasteiger partial charge in [-0.1, -0.05) is 6.07 Å². The molecular formula is C25H25N3O5. The first kappa shape index (κ1) is 22.3. The van der Waals surface area contributed by atoms with Crippen LogP contribution in [-0.4, -0.2) is 41.7 Å². The quantitative estimate of drug-likeness (QED) is 0.455. The maximum Gasteiger partial charge on any atom is 0.345 e. The summed E-state index contributed by atoms with van der Waals surface area (Å²) in [7, 11) is 3.22. The average molecular weight is 447 g/mol. The highest BCUT2D eigenvalue weighted by molar-refractivity contribution is 6.08. The van der Waals surface area contributed by atoms with Crippen molar-refractivity contribution in [3.63, 3.8) is 0 Å². The van der Waals surface area contributed by atoms with Crippen LogP contribution in [-0.2, 0) is 11.4 Å². The molecule has 0 spiro atoms. The molecule has 0 fully saturated rings. The van der Waals surface area contributed by atoms with E-state index in [1.807, 2.05) is 26.0 Å². The van der Waals surface area contributed by atoms with Gasteiger partial charge in [0.05, 0.1) is 30.7 Å². The summed E-state index contributed by atoms with van der Waals surface area (Å²) in [5.74, 6) is 0.130. The molecule has 2 N–H and O–H groups in total. The van der Waals surface area contributed by atoms with Crippen LogP contribution in [0.2, 0.25) is 0 Å². The van der Waals surface area contributed by atoms with E-state index in [1.54, 1.807) is 48.5 Å². The van der Waals surface area contributed by atoms with Gasteiger partial charge in [0.15, 0.2) is 0 Å². The number of hydrogen-bond acceptors (Lipinski definition) is 7. The standard InChI is InChI=1S/C25H25N3O5/c1-25(2)24(31)28(3)22-19(14-29)17(9-10-20(22)27-25)18-8-7-16(12-21(18)32-4)33-23(30)15-6-5-11-26-13-15/h5-13,27,29H,14H2,1-4H3. The van der Waals surface area contributed by atoms with E-state index in [2.05, 4.69) is 10.3 Å². The summed E-state index contributed by atoms with van der Waals surface area (Å²) in [5, 5.41) is 13.5. The summed E-state index contributed by atoms with van der Waals surface area (Å²) in [5.41, 5.74) is 2.94. The molecule has 2 aromatic carbocycles. The first-order chi connectivity index (χ1) is 15.8. The first-order valence-electron chi connectivity index (χ1n) is 10.4. The highest BCUT2D eigenvalue weighted by atomic mass is 16.5. The normalized spacial score (nSPS) is 14.3. The smallest absolute Gasteiger partial charge is 0.345 e. The van der Waals surface area contributed by atoms with Gasteiger partial charge in [-0.25, -0.2) is 4.79 Å². The van der Waals surface area contributed by atoms with Gasteiger partial charge in [0.1, 0.15) is 17.0 Å². The van der Waals surface area contributed by atoms with E-state index in [0.717, 1.165) is 5.69 Å². The number of fused-ring (bicyclic) bond motifs is 1. The number of hydrogen-bond donors (Lipinski definition) is 2. The van der Waals surface area contributed by atoms with Crippen molar-refractivity contribution in [2.75, 3.05) is 24.4 Å². The van der Waals surface area contributed by atoms with E-state index in [9.17, 15) is 14.7 Å². The average Bonchev–Trinajstić information content (AvgIpc) is 2.82. The summed E-state index contributed by atoms with van der Waals surface area (Å²) in [6.07, 6.45) is 3.01. The number of anilines is 2. The van der Waals surface area contributed by atoms with Crippen LogP contribution in [0.5, 0.6) is 11.5 Å². The van der Waals surface area contributed by atoms with Crippen molar-refractivity contribution in [3.8, 4) is 22.6 Å². The van der Waals surface area contributed by atoms with Crippen LogP contribution in [0.15, 0.2) is 54.9 Å².